The number of benzene rings is 2. The average molecular weight is 378 g/mol. The van der Waals surface area contributed by atoms with Gasteiger partial charge in [-0.05, 0) is 43.7 Å². The number of carbonyl (C=O) groups is 2. The zero-order valence-corrected chi connectivity index (χ0v) is 15.7. The van der Waals surface area contributed by atoms with Crippen LogP contribution in [0.15, 0.2) is 36.4 Å². The average Bonchev–Trinajstić information content (AvgIpc) is 2.64. The number of carbonyl (C=O) groups excluding carboxylic acids is 2. The topological polar surface area (TPSA) is 73.9 Å². The Morgan fingerprint density at radius 3 is 2.19 bits per heavy atom. The monoisotopic (exact) mass is 377 g/mol. The summed E-state index contributed by atoms with van der Waals surface area (Å²) < 4.78 is 15.6. The van der Waals surface area contributed by atoms with Gasteiger partial charge in [-0.25, -0.2) is 4.79 Å². The van der Waals surface area contributed by atoms with E-state index < -0.39 is 18.0 Å². The molecule has 2 rings (SSSR count). The Balaban J connectivity index is 2.14. The molecule has 1 amide bonds. The van der Waals surface area contributed by atoms with Crippen LogP contribution in [0.2, 0.25) is 5.02 Å². The van der Waals surface area contributed by atoms with Gasteiger partial charge in [-0.2, -0.15) is 0 Å². The van der Waals surface area contributed by atoms with E-state index in [1.165, 1.54) is 21.1 Å². The van der Waals surface area contributed by atoms with Crippen molar-refractivity contribution in [1.82, 2.24) is 0 Å². The molecular weight excluding hydrogens is 358 g/mol. The van der Waals surface area contributed by atoms with Crippen molar-refractivity contribution in [2.24, 2.45) is 0 Å². The lowest BCUT2D eigenvalue weighted by Gasteiger charge is -2.17. The zero-order valence-electron chi connectivity index (χ0n) is 15.0. The fourth-order valence-electron chi connectivity index (χ4n) is 2.30. The molecule has 0 aliphatic rings. The number of rotatable bonds is 6. The van der Waals surface area contributed by atoms with Gasteiger partial charge in [-0.3, -0.25) is 4.79 Å². The van der Waals surface area contributed by atoms with Crippen molar-refractivity contribution in [3.8, 4) is 11.5 Å². The third-order valence-corrected chi connectivity index (χ3v) is 4.22. The maximum absolute atomic E-state index is 12.5. The summed E-state index contributed by atoms with van der Waals surface area (Å²) in [5.74, 6) is -0.595. The molecule has 0 aliphatic carbocycles. The highest BCUT2D eigenvalue weighted by Crippen LogP contribution is 2.29. The van der Waals surface area contributed by atoms with Crippen LogP contribution in [0.5, 0.6) is 11.5 Å². The lowest BCUT2D eigenvalue weighted by molar-refractivity contribution is -0.123. The van der Waals surface area contributed by atoms with Crippen LogP contribution in [-0.4, -0.2) is 32.2 Å². The van der Waals surface area contributed by atoms with Gasteiger partial charge < -0.3 is 19.5 Å². The van der Waals surface area contributed by atoms with E-state index in [2.05, 4.69) is 5.32 Å². The molecule has 0 aliphatic heterocycles. The van der Waals surface area contributed by atoms with Crippen LogP contribution in [0, 0.1) is 6.92 Å². The number of ether oxygens (including phenoxy) is 3. The number of anilines is 1. The van der Waals surface area contributed by atoms with Gasteiger partial charge in [0.1, 0.15) is 17.1 Å². The van der Waals surface area contributed by atoms with E-state index in [4.69, 9.17) is 25.8 Å². The standard InChI is InChI=1S/C19H20ClNO5/c1-11-13(20)7-5-8-14(11)21-18(22)12(2)26-19(23)17-15(24-3)9-6-10-16(17)25-4/h5-10,12H,1-4H3,(H,21,22)/t12-/m1/s1. The van der Waals surface area contributed by atoms with Crippen LogP contribution >= 0.6 is 11.6 Å². The van der Waals surface area contributed by atoms with Crippen molar-refractivity contribution in [2.75, 3.05) is 19.5 Å². The lowest BCUT2D eigenvalue weighted by atomic mass is 10.1. The molecule has 0 aromatic heterocycles. The second kappa shape index (κ2) is 8.58. The molecule has 2 aromatic carbocycles. The number of hydrogen-bond acceptors (Lipinski definition) is 5. The highest BCUT2D eigenvalue weighted by atomic mass is 35.5. The quantitative estimate of drug-likeness (QED) is 0.774. The molecule has 138 valence electrons. The fourth-order valence-corrected chi connectivity index (χ4v) is 2.48. The van der Waals surface area contributed by atoms with E-state index in [-0.39, 0.29) is 5.56 Å². The number of halogens is 1. The van der Waals surface area contributed by atoms with Gasteiger partial charge in [0.15, 0.2) is 6.10 Å². The maximum Gasteiger partial charge on any atom is 0.346 e. The largest absolute Gasteiger partial charge is 0.496 e. The van der Waals surface area contributed by atoms with Crippen molar-refractivity contribution in [3.05, 3.63) is 52.5 Å². The summed E-state index contributed by atoms with van der Waals surface area (Å²) in [4.78, 5) is 24.9. The van der Waals surface area contributed by atoms with Crippen molar-refractivity contribution >= 4 is 29.2 Å². The third-order valence-electron chi connectivity index (χ3n) is 3.81. The SMILES string of the molecule is COc1cccc(OC)c1C(=O)O[C@H](C)C(=O)Nc1cccc(Cl)c1C. The van der Waals surface area contributed by atoms with Crippen LogP contribution in [0.3, 0.4) is 0 Å². The molecule has 0 radical (unpaired) electrons. The molecule has 26 heavy (non-hydrogen) atoms. The van der Waals surface area contributed by atoms with E-state index in [0.29, 0.717) is 22.2 Å². The number of amides is 1. The van der Waals surface area contributed by atoms with Gasteiger partial charge in [-0.15, -0.1) is 0 Å². The zero-order chi connectivity index (χ0) is 19.3. The van der Waals surface area contributed by atoms with Gasteiger partial charge in [-0.1, -0.05) is 23.7 Å². The predicted octanol–water partition coefficient (Wildman–Crippen LogP) is 3.85. The molecule has 0 heterocycles. The minimum Gasteiger partial charge on any atom is -0.496 e. The van der Waals surface area contributed by atoms with Gasteiger partial charge >= 0.3 is 5.97 Å². The molecule has 0 fully saturated rings. The second-order valence-electron chi connectivity index (χ2n) is 5.49. The van der Waals surface area contributed by atoms with Crippen molar-refractivity contribution < 1.29 is 23.8 Å². The first kappa shape index (κ1) is 19.6. The van der Waals surface area contributed by atoms with E-state index in [0.717, 1.165) is 5.56 Å². The summed E-state index contributed by atoms with van der Waals surface area (Å²) in [6, 6.07) is 10.1. The van der Waals surface area contributed by atoms with E-state index in [9.17, 15) is 9.59 Å². The Kier molecular flexibility index (Phi) is 6.46. The van der Waals surface area contributed by atoms with E-state index in [1.54, 1.807) is 43.3 Å². The molecule has 0 saturated carbocycles. The number of nitrogens with one attached hydrogen (secondary N) is 1. The normalized spacial score (nSPS) is 11.4. The highest BCUT2D eigenvalue weighted by molar-refractivity contribution is 6.31. The first-order chi connectivity index (χ1) is 12.4. The predicted molar refractivity (Wildman–Crippen MR) is 99.2 cm³/mol. The molecule has 0 spiro atoms. The summed E-state index contributed by atoms with van der Waals surface area (Å²) in [7, 11) is 2.87. The summed E-state index contributed by atoms with van der Waals surface area (Å²) in [6.07, 6.45) is -1.03. The Morgan fingerprint density at radius 2 is 1.62 bits per heavy atom. The number of methoxy groups -OCH3 is 2. The third kappa shape index (κ3) is 4.26. The molecule has 7 heteroatoms. The minimum absolute atomic E-state index is 0.121. The molecule has 2 aromatic rings. The Morgan fingerprint density at radius 1 is 1.04 bits per heavy atom. The Hall–Kier alpha value is -2.73. The van der Waals surface area contributed by atoms with E-state index >= 15 is 0 Å². The first-order valence-corrected chi connectivity index (χ1v) is 8.24. The molecule has 1 atom stereocenters. The van der Waals surface area contributed by atoms with Crippen LogP contribution < -0.4 is 14.8 Å². The summed E-state index contributed by atoms with van der Waals surface area (Å²) in [5, 5.41) is 3.24. The minimum atomic E-state index is -1.03. The molecule has 0 saturated heterocycles. The molecule has 0 unspecified atom stereocenters. The van der Waals surface area contributed by atoms with Gasteiger partial charge in [0.25, 0.3) is 5.91 Å². The smallest absolute Gasteiger partial charge is 0.346 e. The highest BCUT2D eigenvalue weighted by Gasteiger charge is 2.25. The second-order valence-corrected chi connectivity index (χ2v) is 5.89. The van der Waals surface area contributed by atoms with Crippen LogP contribution in [0.4, 0.5) is 5.69 Å². The number of hydrogen-bond donors (Lipinski definition) is 1. The molecule has 1 N–H and O–H groups in total. The van der Waals surface area contributed by atoms with Crippen molar-refractivity contribution in [2.45, 2.75) is 20.0 Å². The van der Waals surface area contributed by atoms with Gasteiger partial charge in [0.2, 0.25) is 0 Å². The summed E-state index contributed by atoms with van der Waals surface area (Å²) in [6.45, 7) is 3.27. The first-order valence-electron chi connectivity index (χ1n) is 7.87. The van der Waals surface area contributed by atoms with Crippen LogP contribution in [-0.2, 0) is 9.53 Å². The molecule has 0 bridgehead atoms. The van der Waals surface area contributed by atoms with Gasteiger partial charge in [0, 0.05) is 10.7 Å². The number of esters is 1. The van der Waals surface area contributed by atoms with Gasteiger partial charge in [0.05, 0.1) is 14.2 Å². The van der Waals surface area contributed by atoms with Crippen LogP contribution in [0.25, 0.3) is 0 Å². The fraction of sp³-hybridized carbons (Fsp3) is 0.263. The lowest BCUT2D eigenvalue weighted by Crippen LogP contribution is -2.30. The van der Waals surface area contributed by atoms with Crippen molar-refractivity contribution in [1.29, 1.82) is 0 Å². The summed E-state index contributed by atoms with van der Waals surface area (Å²) in [5.41, 5.74) is 1.41. The molecular formula is C19H20ClNO5. The Labute approximate surface area is 157 Å². The van der Waals surface area contributed by atoms with Crippen molar-refractivity contribution in [3.63, 3.8) is 0 Å². The summed E-state index contributed by atoms with van der Waals surface area (Å²) >= 11 is 6.04. The molecule has 6 nitrogen and oxygen atoms in total. The van der Waals surface area contributed by atoms with Crippen LogP contribution in [0.1, 0.15) is 22.8 Å². The Bertz CT molecular complexity index is 799. The maximum atomic E-state index is 12.5. The van der Waals surface area contributed by atoms with E-state index in [1.807, 2.05) is 0 Å².